The molecular weight excluding hydrogens is 229 g/mol. The summed E-state index contributed by atoms with van der Waals surface area (Å²) in [5.41, 5.74) is 7.94. The minimum atomic E-state index is -0.332. The van der Waals surface area contributed by atoms with E-state index in [0.29, 0.717) is 16.8 Å². The zero-order valence-corrected chi connectivity index (χ0v) is 9.91. The summed E-state index contributed by atoms with van der Waals surface area (Å²) >= 11 is 0. The maximum Gasteiger partial charge on any atom is 0.129 e. The van der Waals surface area contributed by atoms with Crippen molar-refractivity contribution in [2.45, 2.75) is 19.4 Å². The van der Waals surface area contributed by atoms with Crippen LogP contribution in [0.2, 0.25) is 0 Å². The van der Waals surface area contributed by atoms with Gasteiger partial charge in [0.05, 0.1) is 17.3 Å². The molecule has 0 amide bonds. The average Bonchev–Trinajstić information content (AvgIpc) is 2.39. The van der Waals surface area contributed by atoms with Gasteiger partial charge in [-0.3, -0.25) is 0 Å². The van der Waals surface area contributed by atoms with Gasteiger partial charge < -0.3 is 11.1 Å². The Hall–Kier alpha value is -2.12. The Kier molecular flexibility index (Phi) is 3.75. The Morgan fingerprint density at radius 3 is 2.94 bits per heavy atom. The highest BCUT2D eigenvalue weighted by Crippen LogP contribution is 2.22. The van der Waals surface area contributed by atoms with E-state index in [1.54, 1.807) is 12.1 Å². The molecule has 4 heteroatoms. The number of hydrogen-bond donors (Lipinski definition) is 2. The number of nitrogens with zero attached hydrogens (tertiary/aromatic N) is 1. The second kappa shape index (κ2) is 5.48. The molecule has 0 saturated heterocycles. The maximum absolute atomic E-state index is 13.6. The first-order chi connectivity index (χ1) is 8.74. The van der Waals surface area contributed by atoms with Gasteiger partial charge in [-0.15, -0.1) is 0 Å². The van der Waals surface area contributed by atoms with E-state index in [0.717, 1.165) is 18.5 Å². The molecule has 0 radical (unpaired) electrons. The summed E-state index contributed by atoms with van der Waals surface area (Å²) in [5.74, 6) is -0.332. The van der Waals surface area contributed by atoms with Crippen molar-refractivity contribution in [2.75, 3.05) is 5.32 Å². The molecule has 3 nitrogen and oxygen atoms in total. The van der Waals surface area contributed by atoms with Gasteiger partial charge in [0.15, 0.2) is 0 Å². The molecule has 0 fully saturated rings. The molecule has 1 aliphatic carbocycles. The van der Waals surface area contributed by atoms with Gasteiger partial charge in [-0.05, 0) is 31.1 Å². The number of nitriles is 1. The predicted molar refractivity (Wildman–Crippen MR) is 68.9 cm³/mol. The first kappa shape index (κ1) is 12.3. The summed E-state index contributed by atoms with van der Waals surface area (Å²) in [6, 6.07) is 6.97. The molecule has 3 N–H and O–H groups in total. The second-order valence-electron chi connectivity index (χ2n) is 4.08. The molecule has 0 spiro atoms. The number of nitrogens with one attached hydrogen (secondary N) is 1. The fourth-order valence-electron chi connectivity index (χ4n) is 1.84. The number of anilines is 1. The van der Waals surface area contributed by atoms with Gasteiger partial charge in [0.2, 0.25) is 0 Å². The lowest BCUT2D eigenvalue weighted by atomic mass is 10.0. The molecule has 18 heavy (non-hydrogen) atoms. The van der Waals surface area contributed by atoms with E-state index >= 15 is 0 Å². The van der Waals surface area contributed by atoms with Crippen LogP contribution in [0.5, 0.6) is 0 Å². The number of allylic oxidation sites excluding steroid dienone is 3. The van der Waals surface area contributed by atoms with Crippen molar-refractivity contribution in [3.8, 4) is 6.07 Å². The second-order valence-corrected chi connectivity index (χ2v) is 4.08. The van der Waals surface area contributed by atoms with Crippen molar-refractivity contribution in [2.24, 2.45) is 5.73 Å². The van der Waals surface area contributed by atoms with E-state index in [2.05, 4.69) is 11.4 Å². The summed E-state index contributed by atoms with van der Waals surface area (Å²) in [4.78, 5) is 0. The number of halogens is 1. The third kappa shape index (κ3) is 2.58. The van der Waals surface area contributed by atoms with Gasteiger partial charge in [0.1, 0.15) is 5.82 Å². The van der Waals surface area contributed by atoms with Gasteiger partial charge in [0, 0.05) is 17.8 Å². The van der Waals surface area contributed by atoms with Crippen LogP contribution in [0.1, 0.15) is 18.4 Å². The third-order valence-corrected chi connectivity index (χ3v) is 2.86. The van der Waals surface area contributed by atoms with E-state index in [-0.39, 0.29) is 12.4 Å². The number of benzene rings is 1. The highest BCUT2D eigenvalue weighted by Gasteiger charge is 2.09. The molecule has 0 bridgehead atoms. The Bertz CT molecular complexity index is 553. The van der Waals surface area contributed by atoms with E-state index in [4.69, 9.17) is 11.0 Å². The Labute approximate surface area is 105 Å². The van der Waals surface area contributed by atoms with Crippen LogP contribution in [0.3, 0.4) is 0 Å². The summed E-state index contributed by atoms with van der Waals surface area (Å²) in [7, 11) is 0. The molecule has 92 valence electrons. The third-order valence-electron chi connectivity index (χ3n) is 2.86. The van der Waals surface area contributed by atoms with Crippen LogP contribution < -0.4 is 11.1 Å². The Morgan fingerprint density at radius 2 is 2.28 bits per heavy atom. The Morgan fingerprint density at radius 1 is 1.44 bits per heavy atom. The van der Waals surface area contributed by atoms with Crippen molar-refractivity contribution in [3.05, 3.63) is 53.0 Å². The average molecular weight is 243 g/mol. The predicted octanol–water partition coefficient (Wildman–Crippen LogP) is 2.82. The smallest absolute Gasteiger partial charge is 0.129 e. The van der Waals surface area contributed by atoms with E-state index < -0.39 is 0 Å². The summed E-state index contributed by atoms with van der Waals surface area (Å²) in [6.45, 7) is 0.179. The quantitative estimate of drug-likeness (QED) is 0.858. The lowest BCUT2D eigenvalue weighted by Gasteiger charge is -2.13. The molecule has 1 aromatic rings. The molecule has 0 saturated carbocycles. The lowest BCUT2D eigenvalue weighted by molar-refractivity contribution is 0.611. The lowest BCUT2D eigenvalue weighted by Crippen LogP contribution is -2.05. The normalized spacial score (nSPS) is 14.5. The number of nitrogens with two attached hydrogens (primary N) is 1. The fourth-order valence-corrected chi connectivity index (χ4v) is 1.84. The summed E-state index contributed by atoms with van der Waals surface area (Å²) in [6.07, 6.45) is 5.44. The minimum absolute atomic E-state index is 0.179. The molecule has 0 unspecified atom stereocenters. The number of rotatable bonds is 3. The van der Waals surface area contributed by atoms with Crippen LogP contribution >= 0.6 is 0 Å². The van der Waals surface area contributed by atoms with Crippen LogP contribution in [0, 0.1) is 17.1 Å². The van der Waals surface area contributed by atoms with Crippen molar-refractivity contribution >= 4 is 5.69 Å². The van der Waals surface area contributed by atoms with Gasteiger partial charge in [0.25, 0.3) is 0 Å². The molecule has 0 atom stereocenters. The first-order valence-corrected chi connectivity index (χ1v) is 5.80. The first-order valence-electron chi connectivity index (χ1n) is 5.80. The van der Waals surface area contributed by atoms with Crippen LogP contribution in [0.15, 0.2) is 41.6 Å². The zero-order valence-electron chi connectivity index (χ0n) is 9.91. The minimum Gasteiger partial charge on any atom is -0.355 e. The molecule has 0 aromatic heterocycles. The van der Waals surface area contributed by atoms with Crippen molar-refractivity contribution < 1.29 is 4.39 Å². The molecule has 0 heterocycles. The van der Waals surface area contributed by atoms with Crippen LogP contribution in [0.4, 0.5) is 10.1 Å². The number of hydrogen-bond acceptors (Lipinski definition) is 3. The van der Waals surface area contributed by atoms with Crippen LogP contribution in [-0.4, -0.2) is 0 Å². The van der Waals surface area contributed by atoms with Gasteiger partial charge in [-0.1, -0.05) is 12.1 Å². The monoisotopic (exact) mass is 243 g/mol. The van der Waals surface area contributed by atoms with E-state index in [1.165, 1.54) is 6.07 Å². The van der Waals surface area contributed by atoms with Crippen molar-refractivity contribution in [3.63, 3.8) is 0 Å². The summed E-state index contributed by atoms with van der Waals surface area (Å²) < 4.78 is 13.6. The zero-order chi connectivity index (χ0) is 13.0. The van der Waals surface area contributed by atoms with Crippen LogP contribution in [-0.2, 0) is 6.54 Å². The largest absolute Gasteiger partial charge is 0.355 e. The SMILES string of the molecule is N#CC1=C(Nc2ccc(CN)c(F)c2)C=CCC1. The summed E-state index contributed by atoms with van der Waals surface area (Å²) in [5, 5.41) is 12.1. The van der Waals surface area contributed by atoms with Crippen molar-refractivity contribution in [1.29, 1.82) is 5.26 Å². The molecule has 2 rings (SSSR count). The van der Waals surface area contributed by atoms with Gasteiger partial charge >= 0.3 is 0 Å². The maximum atomic E-state index is 13.6. The van der Waals surface area contributed by atoms with Gasteiger partial charge in [-0.25, -0.2) is 4.39 Å². The van der Waals surface area contributed by atoms with E-state index in [9.17, 15) is 4.39 Å². The standard InChI is InChI=1S/C14H14FN3/c15-13-7-12(6-5-10(13)8-16)18-14-4-2-1-3-11(14)9-17/h2,4-7,18H,1,3,8,16H2. The van der Waals surface area contributed by atoms with Crippen LogP contribution in [0.25, 0.3) is 0 Å². The van der Waals surface area contributed by atoms with Gasteiger partial charge in [-0.2, -0.15) is 5.26 Å². The molecule has 1 aliphatic rings. The van der Waals surface area contributed by atoms with Crippen molar-refractivity contribution in [1.82, 2.24) is 0 Å². The Balaban J connectivity index is 2.24. The molecular formula is C14H14FN3. The molecule has 1 aromatic carbocycles. The highest BCUT2D eigenvalue weighted by molar-refractivity contribution is 5.55. The topological polar surface area (TPSA) is 61.8 Å². The molecule has 0 aliphatic heterocycles. The fraction of sp³-hybridized carbons (Fsp3) is 0.214. The van der Waals surface area contributed by atoms with E-state index in [1.807, 2.05) is 12.2 Å². The highest BCUT2D eigenvalue weighted by atomic mass is 19.1.